The molecular formula is C10H13F2N3O4. The maximum atomic E-state index is 13.9. The first-order chi connectivity index (χ1) is 8.75. The lowest BCUT2D eigenvalue weighted by Gasteiger charge is -2.20. The summed E-state index contributed by atoms with van der Waals surface area (Å²) in [5.41, 5.74) is 4.23. The van der Waals surface area contributed by atoms with Crippen LogP contribution in [-0.4, -0.2) is 44.0 Å². The molecule has 0 radical (unpaired) electrons. The first-order valence-corrected chi connectivity index (χ1v) is 5.49. The van der Waals surface area contributed by atoms with E-state index in [1.54, 1.807) is 0 Å². The zero-order valence-electron chi connectivity index (χ0n) is 9.90. The van der Waals surface area contributed by atoms with Gasteiger partial charge >= 0.3 is 11.6 Å². The Labute approximate surface area is 106 Å². The van der Waals surface area contributed by atoms with Gasteiger partial charge in [-0.15, -0.1) is 0 Å². The van der Waals surface area contributed by atoms with Gasteiger partial charge in [0, 0.05) is 6.20 Å². The van der Waals surface area contributed by atoms with E-state index in [1.807, 2.05) is 0 Å². The highest BCUT2D eigenvalue weighted by molar-refractivity contribution is 5.23. The van der Waals surface area contributed by atoms with Gasteiger partial charge in [0.1, 0.15) is 11.9 Å². The molecule has 2 rings (SSSR count). The Morgan fingerprint density at radius 3 is 2.74 bits per heavy atom. The van der Waals surface area contributed by atoms with Crippen molar-refractivity contribution in [2.24, 2.45) is 0 Å². The van der Waals surface area contributed by atoms with E-state index in [0.717, 1.165) is 12.3 Å². The Kier molecular flexibility index (Phi) is 3.29. The van der Waals surface area contributed by atoms with Crippen molar-refractivity contribution in [1.82, 2.24) is 9.55 Å². The number of nitrogen functional groups attached to an aromatic ring is 1. The monoisotopic (exact) mass is 277 g/mol. The number of aromatic nitrogens is 2. The number of anilines is 1. The van der Waals surface area contributed by atoms with Gasteiger partial charge in [0.15, 0.2) is 6.10 Å². The molecule has 19 heavy (non-hydrogen) atoms. The zero-order chi connectivity index (χ0) is 14.4. The number of rotatable bonds is 2. The summed E-state index contributed by atoms with van der Waals surface area (Å²) in [6.45, 7) is 1.20. The number of nitrogens with zero attached hydrogens (tertiary/aromatic N) is 2. The SMILES string of the molecule is C[C@H](O)[C@H]1O[C@@H](n2ccc(N)nc2=O)C(F)(F)[C@@H]1O. The fourth-order valence-corrected chi connectivity index (χ4v) is 1.91. The van der Waals surface area contributed by atoms with Gasteiger partial charge in [-0.1, -0.05) is 0 Å². The second kappa shape index (κ2) is 4.51. The second-order valence-corrected chi connectivity index (χ2v) is 4.36. The quantitative estimate of drug-likeness (QED) is 0.646. The van der Waals surface area contributed by atoms with E-state index < -0.39 is 36.2 Å². The Hall–Kier alpha value is -1.58. The van der Waals surface area contributed by atoms with Crippen LogP contribution in [-0.2, 0) is 4.74 Å². The van der Waals surface area contributed by atoms with Gasteiger partial charge in [-0.25, -0.2) is 4.79 Å². The Morgan fingerprint density at radius 2 is 2.26 bits per heavy atom. The minimum Gasteiger partial charge on any atom is -0.391 e. The molecule has 0 amide bonds. The number of nitrogens with two attached hydrogens (primary N) is 1. The molecule has 4 N–H and O–H groups in total. The lowest BCUT2D eigenvalue weighted by molar-refractivity contribution is -0.141. The fourth-order valence-electron chi connectivity index (χ4n) is 1.91. The van der Waals surface area contributed by atoms with Crippen molar-refractivity contribution in [3.05, 3.63) is 22.7 Å². The van der Waals surface area contributed by atoms with Crippen molar-refractivity contribution in [1.29, 1.82) is 0 Å². The summed E-state index contributed by atoms with van der Waals surface area (Å²) in [5, 5.41) is 18.8. The molecular weight excluding hydrogens is 264 g/mol. The largest absolute Gasteiger partial charge is 0.391 e. The molecule has 1 aromatic heterocycles. The summed E-state index contributed by atoms with van der Waals surface area (Å²) in [6.07, 6.45) is -6.07. The molecule has 0 aliphatic carbocycles. The standard InChI is InChI=1S/C10H13F2N3O4/c1-4(16)6-7(17)10(11,12)8(19-6)15-3-2-5(13)14-9(15)18/h2-4,6-8,16-17H,1H3,(H2,13,14,18)/t4-,6+,7+,8+/m0/s1. The van der Waals surface area contributed by atoms with Crippen molar-refractivity contribution < 1.29 is 23.7 Å². The average molecular weight is 277 g/mol. The molecule has 0 aromatic carbocycles. The number of hydrogen-bond donors (Lipinski definition) is 3. The number of aliphatic hydroxyl groups excluding tert-OH is 2. The third-order valence-electron chi connectivity index (χ3n) is 2.90. The molecule has 4 atom stereocenters. The highest BCUT2D eigenvalue weighted by Gasteiger charge is 2.60. The van der Waals surface area contributed by atoms with Crippen LogP contribution in [0.3, 0.4) is 0 Å². The van der Waals surface area contributed by atoms with Crippen LogP contribution in [0.5, 0.6) is 0 Å². The molecule has 1 fully saturated rings. The van der Waals surface area contributed by atoms with Crippen LogP contribution >= 0.6 is 0 Å². The summed E-state index contributed by atoms with van der Waals surface area (Å²) in [5.74, 6) is -3.85. The topological polar surface area (TPSA) is 111 Å². The number of aliphatic hydroxyl groups is 2. The Balaban J connectivity index is 2.42. The smallest absolute Gasteiger partial charge is 0.351 e. The number of ether oxygens (including phenoxy) is 1. The van der Waals surface area contributed by atoms with Gasteiger partial charge in [-0.3, -0.25) is 4.57 Å². The van der Waals surface area contributed by atoms with Gasteiger partial charge < -0.3 is 20.7 Å². The molecule has 7 nitrogen and oxygen atoms in total. The van der Waals surface area contributed by atoms with E-state index in [-0.39, 0.29) is 5.82 Å². The molecule has 9 heteroatoms. The molecule has 0 bridgehead atoms. The minimum atomic E-state index is -3.73. The normalized spacial score (nSPS) is 31.3. The van der Waals surface area contributed by atoms with Gasteiger partial charge in [0.2, 0.25) is 6.23 Å². The Bertz CT molecular complexity index is 534. The van der Waals surface area contributed by atoms with Crippen LogP contribution in [0.1, 0.15) is 13.2 Å². The first kappa shape index (κ1) is 13.8. The average Bonchev–Trinajstić information content (AvgIpc) is 2.52. The molecule has 0 unspecified atom stereocenters. The van der Waals surface area contributed by atoms with Crippen LogP contribution in [0.15, 0.2) is 17.1 Å². The lowest BCUT2D eigenvalue weighted by atomic mass is 10.1. The van der Waals surface area contributed by atoms with E-state index in [2.05, 4.69) is 4.98 Å². The maximum Gasteiger partial charge on any atom is 0.351 e. The molecule has 0 saturated carbocycles. The van der Waals surface area contributed by atoms with Crippen LogP contribution in [0.2, 0.25) is 0 Å². The van der Waals surface area contributed by atoms with Crippen LogP contribution in [0.25, 0.3) is 0 Å². The fraction of sp³-hybridized carbons (Fsp3) is 0.600. The van der Waals surface area contributed by atoms with Gasteiger partial charge in [0.25, 0.3) is 0 Å². The summed E-state index contributed by atoms with van der Waals surface area (Å²) in [4.78, 5) is 14.8. The zero-order valence-corrected chi connectivity index (χ0v) is 9.90. The summed E-state index contributed by atoms with van der Waals surface area (Å²) in [6, 6.07) is 1.16. The van der Waals surface area contributed by atoms with Crippen molar-refractivity contribution in [2.75, 3.05) is 5.73 Å². The van der Waals surface area contributed by atoms with Crippen molar-refractivity contribution in [3.63, 3.8) is 0 Å². The van der Waals surface area contributed by atoms with Gasteiger partial charge in [-0.2, -0.15) is 13.8 Å². The number of alkyl halides is 2. The molecule has 1 aliphatic heterocycles. The molecule has 1 saturated heterocycles. The van der Waals surface area contributed by atoms with E-state index in [1.165, 1.54) is 6.92 Å². The Morgan fingerprint density at radius 1 is 1.63 bits per heavy atom. The third kappa shape index (κ3) is 2.20. The van der Waals surface area contributed by atoms with Gasteiger partial charge in [-0.05, 0) is 13.0 Å². The number of halogens is 2. The maximum absolute atomic E-state index is 13.9. The molecule has 106 valence electrons. The first-order valence-electron chi connectivity index (χ1n) is 5.49. The second-order valence-electron chi connectivity index (χ2n) is 4.36. The van der Waals surface area contributed by atoms with Crippen LogP contribution < -0.4 is 11.4 Å². The van der Waals surface area contributed by atoms with Crippen molar-refractivity contribution in [3.8, 4) is 0 Å². The molecule has 0 spiro atoms. The van der Waals surface area contributed by atoms with E-state index >= 15 is 0 Å². The lowest BCUT2D eigenvalue weighted by Crippen LogP contribution is -2.43. The molecule has 1 aliphatic rings. The summed E-state index contributed by atoms with van der Waals surface area (Å²) >= 11 is 0. The van der Waals surface area contributed by atoms with Crippen molar-refractivity contribution >= 4 is 5.82 Å². The summed E-state index contributed by atoms with van der Waals surface area (Å²) < 4.78 is 33.2. The highest BCUT2D eigenvalue weighted by atomic mass is 19.3. The minimum absolute atomic E-state index is 0.116. The van der Waals surface area contributed by atoms with E-state index in [0.29, 0.717) is 4.57 Å². The summed E-state index contributed by atoms with van der Waals surface area (Å²) in [7, 11) is 0. The predicted octanol–water partition coefficient (Wildman–Crippen LogP) is -0.900. The highest BCUT2D eigenvalue weighted by Crippen LogP contribution is 2.43. The van der Waals surface area contributed by atoms with Crippen molar-refractivity contribution in [2.45, 2.75) is 37.4 Å². The van der Waals surface area contributed by atoms with Gasteiger partial charge in [0.05, 0.1) is 6.10 Å². The van der Waals surface area contributed by atoms with E-state index in [9.17, 15) is 23.8 Å². The third-order valence-corrected chi connectivity index (χ3v) is 2.90. The number of hydrogen-bond acceptors (Lipinski definition) is 6. The molecule has 1 aromatic rings. The molecule has 2 heterocycles. The van der Waals surface area contributed by atoms with Crippen LogP contribution in [0, 0.1) is 0 Å². The van der Waals surface area contributed by atoms with E-state index in [4.69, 9.17) is 10.5 Å². The predicted molar refractivity (Wildman–Crippen MR) is 59.5 cm³/mol. The van der Waals surface area contributed by atoms with Crippen LogP contribution in [0.4, 0.5) is 14.6 Å².